The van der Waals surface area contributed by atoms with E-state index in [1.807, 2.05) is 41.3 Å². The number of likely N-dealkylation sites (tertiary alicyclic amines) is 2. The number of benzene rings is 2. The molecule has 2 aromatic rings. The number of carbonyl (C=O) groups excluding carboxylic acids is 2. The molecule has 3 atom stereocenters. The quantitative estimate of drug-likeness (QED) is 0.518. The van der Waals surface area contributed by atoms with E-state index in [0.717, 1.165) is 24.8 Å². The lowest BCUT2D eigenvalue weighted by Gasteiger charge is -2.45. The van der Waals surface area contributed by atoms with E-state index in [0.29, 0.717) is 56.4 Å². The predicted octanol–water partition coefficient (Wildman–Crippen LogP) is 3.92. The van der Waals surface area contributed by atoms with Crippen molar-refractivity contribution in [2.45, 2.75) is 32.1 Å². The Balaban J connectivity index is 1.72. The van der Waals surface area contributed by atoms with Gasteiger partial charge in [-0.25, -0.2) is 4.39 Å². The van der Waals surface area contributed by atoms with Gasteiger partial charge in [-0.1, -0.05) is 42.5 Å². The summed E-state index contributed by atoms with van der Waals surface area (Å²) in [5.41, 5.74) is 1.86. The number of amides is 1. The highest BCUT2D eigenvalue weighted by atomic mass is 19.1. The van der Waals surface area contributed by atoms with Crippen molar-refractivity contribution in [1.29, 1.82) is 0 Å². The fraction of sp³-hybridized carbons (Fsp3) is 0.533. The van der Waals surface area contributed by atoms with Crippen molar-refractivity contribution in [3.63, 3.8) is 0 Å². The first-order valence-corrected chi connectivity index (χ1v) is 13.4. The molecule has 1 unspecified atom stereocenters. The Morgan fingerprint density at radius 2 is 1.73 bits per heavy atom. The Labute approximate surface area is 219 Å². The van der Waals surface area contributed by atoms with E-state index in [1.165, 1.54) is 6.07 Å². The molecule has 37 heavy (non-hydrogen) atoms. The molecule has 2 aromatic carbocycles. The molecule has 0 spiro atoms. The summed E-state index contributed by atoms with van der Waals surface area (Å²) in [6.07, 6.45) is 2.49. The van der Waals surface area contributed by atoms with Gasteiger partial charge in [-0.2, -0.15) is 0 Å². The molecule has 7 heteroatoms. The first kappa shape index (κ1) is 27.4. The van der Waals surface area contributed by atoms with E-state index in [1.54, 1.807) is 20.1 Å². The molecule has 0 aliphatic carbocycles. The molecule has 0 radical (unpaired) electrons. The molecule has 0 aromatic heterocycles. The van der Waals surface area contributed by atoms with Crippen LogP contribution < -0.4 is 0 Å². The third kappa shape index (κ3) is 6.28. The van der Waals surface area contributed by atoms with Crippen molar-refractivity contribution in [3.8, 4) is 0 Å². The van der Waals surface area contributed by atoms with Crippen molar-refractivity contribution in [3.05, 3.63) is 71.0 Å². The van der Waals surface area contributed by atoms with Crippen LogP contribution in [0.2, 0.25) is 0 Å². The van der Waals surface area contributed by atoms with Gasteiger partial charge in [0.1, 0.15) is 5.82 Å². The minimum Gasteiger partial charge on any atom is -0.396 e. The lowest BCUT2D eigenvalue weighted by Crippen LogP contribution is -2.55. The van der Waals surface area contributed by atoms with Crippen molar-refractivity contribution in [1.82, 2.24) is 9.80 Å². The Morgan fingerprint density at radius 3 is 2.41 bits per heavy atom. The molecule has 200 valence electrons. The molecule has 1 N–H and O–H groups in total. The number of methoxy groups -OCH3 is 1. The number of nitrogens with zero attached hydrogens (tertiary/aromatic N) is 2. The van der Waals surface area contributed by atoms with E-state index < -0.39 is 17.8 Å². The lowest BCUT2D eigenvalue weighted by molar-refractivity contribution is -0.140. The third-order valence-corrected chi connectivity index (χ3v) is 8.23. The van der Waals surface area contributed by atoms with Crippen LogP contribution in [-0.4, -0.2) is 79.6 Å². The lowest BCUT2D eigenvalue weighted by atomic mass is 9.69. The van der Waals surface area contributed by atoms with Crippen LogP contribution in [0.5, 0.6) is 0 Å². The molecule has 6 nitrogen and oxygen atoms in total. The van der Waals surface area contributed by atoms with Crippen LogP contribution in [0.1, 0.15) is 46.7 Å². The fourth-order valence-electron chi connectivity index (χ4n) is 6.11. The minimum atomic E-state index is -0.491. The number of carbonyl (C=O) groups is 2. The number of piperidine rings is 2. The molecule has 2 heterocycles. The van der Waals surface area contributed by atoms with Crippen LogP contribution in [0.15, 0.2) is 48.5 Å². The van der Waals surface area contributed by atoms with Gasteiger partial charge in [0.05, 0.1) is 12.5 Å². The minimum absolute atomic E-state index is 0.0177. The van der Waals surface area contributed by atoms with E-state index >= 15 is 0 Å². The average molecular weight is 511 g/mol. The highest BCUT2D eigenvalue weighted by molar-refractivity contribution is 5.99. The summed E-state index contributed by atoms with van der Waals surface area (Å²) in [7, 11) is 1.65. The highest BCUT2D eigenvalue weighted by Crippen LogP contribution is 2.42. The Morgan fingerprint density at radius 1 is 1.03 bits per heavy atom. The maximum atomic E-state index is 14.8. The number of ether oxygens (including phenoxy) is 1. The van der Waals surface area contributed by atoms with Gasteiger partial charge in [-0.15, -0.1) is 0 Å². The Bertz CT molecular complexity index is 1050. The SMILES string of the molecule is COCCN1C[C@H](C(=O)c2ccccc2)C(c2cccc(F)c2C)[C@H](C(=O)N2CCC(CCO)CC2)C1. The first-order valence-electron chi connectivity index (χ1n) is 13.4. The second-order valence-electron chi connectivity index (χ2n) is 10.5. The molecule has 2 fully saturated rings. The van der Waals surface area contributed by atoms with E-state index in [2.05, 4.69) is 4.90 Å². The first-order chi connectivity index (χ1) is 17.9. The Hall–Kier alpha value is -2.61. The molecular weight excluding hydrogens is 471 g/mol. The van der Waals surface area contributed by atoms with Crippen LogP contribution >= 0.6 is 0 Å². The summed E-state index contributed by atoms with van der Waals surface area (Å²) in [6.45, 7) is 5.30. The van der Waals surface area contributed by atoms with Crippen molar-refractivity contribution < 1.29 is 23.8 Å². The van der Waals surface area contributed by atoms with Crippen LogP contribution in [0.25, 0.3) is 0 Å². The molecule has 4 rings (SSSR count). The number of hydrogen-bond acceptors (Lipinski definition) is 5. The summed E-state index contributed by atoms with van der Waals surface area (Å²) in [6, 6.07) is 14.2. The molecule has 2 aliphatic rings. The monoisotopic (exact) mass is 510 g/mol. The van der Waals surface area contributed by atoms with Gasteiger partial charge in [0.15, 0.2) is 5.78 Å². The fourth-order valence-corrected chi connectivity index (χ4v) is 6.11. The standard InChI is InChI=1S/C30H39FN2O4/c1-21-24(9-6-10-27(21)31)28-25(29(35)23-7-4-3-5-8-23)19-32(16-18-37-2)20-26(28)30(36)33-14-11-22(12-15-33)13-17-34/h3-10,22,25-26,28,34H,11-20H2,1-2H3/t25-,26+,28?/m0/s1. The van der Waals surface area contributed by atoms with Crippen LogP contribution in [0.3, 0.4) is 0 Å². The number of hydrogen-bond donors (Lipinski definition) is 1. The molecule has 0 saturated carbocycles. The summed E-state index contributed by atoms with van der Waals surface area (Å²) < 4.78 is 20.1. The van der Waals surface area contributed by atoms with Crippen molar-refractivity contribution in [2.75, 3.05) is 53.0 Å². The number of aliphatic hydroxyl groups is 1. The maximum Gasteiger partial charge on any atom is 0.227 e. The number of halogens is 1. The second kappa shape index (κ2) is 12.8. The van der Waals surface area contributed by atoms with Crippen molar-refractivity contribution in [2.24, 2.45) is 17.8 Å². The molecule has 2 aliphatic heterocycles. The zero-order chi connectivity index (χ0) is 26.4. The van der Waals surface area contributed by atoms with Gasteiger partial charge in [0.25, 0.3) is 0 Å². The smallest absolute Gasteiger partial charge is 0.227 e. The zero-order valence-corrected chi connectivity index (χ0v) is 21.9. The summed E-state index contributed by atoms with van der Waals surface area (Å²) in [5, 5.41) is 9.32. The highest BCUT2D eigenvalue weighted by Gasteiger charge is 2.46. The number of Topliss-reactive ketones (excluding diaryl/α,β-unsaturated/α-hetero) is 1. The topological polar surface area (TPSA) is 70.1 Å². The number of aliphatic hydroxyl groups excluding tert-OH is 1. The predicted molar refractivity (Wildman–Crippen MR) is 141 cm³/mol. The maximum absolute atomic E-state index is 14.8. The normalized spacial score (nSPS) is 23.2. The van der Waals surface area contributed by atoms with Crippen LogP contribution in [-0.2, 0) is 9.53 Å². The number of rotatable bonds is 9. The second-order valence-corrected chi connectivity index (χ2v) is 10.5. The van der Waals surface area contributed by atoms with Crippen molar-refractivity contribution >= 4 is 11.7 Å². The Kier molecular flexibility index (Phi) is 9.46. The molecule has 2 saturated heterocycles. The van der Waals surface area contributed by atoms with Gasteiger partial charge in [-0.3, -0.25) is 14.5 Å². The van der Waals surface area contributed by atoms with Gasteiger partial charge < -0.3 is 14.7 Å². The van der Waals surface area contributed by atoms with Gasteiger partial charge in [0, 0.05) is 63.8 Å². The third-order valence-electron chi connectivity index (χ3n) is 8.23. The molecule has 1 amide bonds. The summed E-state index contributed by atoms with van der Waals surface area (Å²) in [5.74, 6) is -1.27. The largest absolute Gasteiger partial charge is 0.396 e. The van der Waals surface area contributed by atoms with Gasteiger partial charge in [-0.05, 0) is 49.3 Å². The number of ketones is 1. The van der Waals surface area contributed by atoms with Crippen LogP contribution in [0, 0.1) is 30.5 Å². The van der Waals surface area contributed by atoms with Gasteiger partial charge >= 0.3 is 0 Å². The summed E-state index contributed by atoms with van der Waals surface area (Å²) in [4.78, 5) is 32.2. The van der Waals surface area contributed by atoms with E-state index in [9.17, 15) is 19.1 Å². The van der Waals surface area contributed by atoms with E-state index in [-0.39, 0.29) is 24.1 Å². The van der Waals surface area contributed by atoms with Gasteiger partial charge in [0.2, 0.25) is 5.91 Å². The average Bonchev–Trinajstić information content (AvgIpc) is 2.93. The summed E-state index contributed by atoms with van der Waals surface area (Å²) >= 11 is 0. The molecule has 0 bridgehead atoms. The molecular formula is C30H39FN2O4. The van der Waals surface area contributed by atoms with E-state index in [4.69, 9.17) is 4.74 Å². The van der Waals surface area contributed by atoms with Crippen LogP contribution in [0.4, 0.5) is 4.39 Å². The zero-order valence-electron chi connectivity index (χ0n) is 21.9.